The van der Waals surface area contributed by atoms with Crippen molar-refractivity contribution >= 4 is 11.6 Å². The van der Waals surface area contributed by atoms with Gasteiger partial charge >= 0.3 is 0 Å². The molecule has 0 radical (unpaired) electrons. The van der Waals surface area contributed by atoms with Crippen molar-refractivity contribution in [3.8, 4) is 0 Å². The summed E-state index contributed by atoms with van der Waals surface area (Å²) < 4.78 is 5.45. The van der Waals surface area contributed by atoms with E-state index in [0.29, 0.717) is 12.5 Å². The molecule has 0 N–H and O–H groups in total. The summed E-state index contributed by atoms with van der Waals surface area (Å²) in [6, 6.07) is 0. The Labute approximate surface area is 91.2 Å². The largest absolute Gasteiger partial charge is 0.479 e. The van der Waals surface area contributed by atoms with E-state index in [9.17, 15) is 0 Å². The second-order valence-electron chi connectivity index (χ2n) is 3.71. The fraction of sp³-hybridized carbons (Fsp3) is 0.636. The Morgan fingerprint density at radius 3 is 2.64 bits per heavy atom. The van der Waals surface area contributed by atoms with E-state index in [0.717, 1.165) is 5.88 Å². The first-order valence-electron chi connectivity index (χ1n) is 4.99. The summed E-state index contributed by atoms with van der Waals surface area (Å²) in [6.07, 6.45) is 4.05. The normalized spacial score (nSPS) is 22.1. The van der Waals surface area contributed by atoms with Gasteiger partial charge in [0.1, 0.15) is 5.50 Å². The molecule has 1 aliphatic rings. The van der Waals surface area contributed by atoms with Crippen molar-refractivity contribution in [3.05, 3.63) is 23.6 Å². The summed E-state index contributed by atoms with van der Waals surface area (Å²) in [4.78, 5) is 1.96. The zero-order valence-electron chi connectivity index (χ0n) is 9.25. The highest BCUT2D eigenvalue weighted by Gasteiger charge is 2.24. The summed E-state index contributed by atoms with van der Waals surface area (Å²) in [7, 11) is 1.95. The van der Waals surface area contributed by atoms with E-state index in [-0.39, 0.29) is 5.50 Å². The summed E-state index contributed by atoms with van der Waals surface area (Å²) in [5, 5.41) is 0. The smallest absolute Gasteiger partial charge is 0.190 e. The van der Waals surface area contributed by atoms with Gasteiger partial charge in [-0.25, -0.2) is 0 Å². The van der Waals surface area contributed by atoms with Crippen LogP contribution in [0.25, 0.3) is 0 Å². The molecular formula is C11H18ClNO. The van der Waals surface area contributed by atoms with Crippen molar-refractivity contribution in [2.45, 2.75) is 26.3 Å². The minimum absolute atomic E-state index is 0.0819. The zero-order chi connectivity index (χ0) is 10.7. The Hall–Kier alpha value is -0.630. The van der Waals surface area contributed by atoms with Crippen LogP contribution in [0.1, 0.15) is 20.8 Å². The van der Waals surface area contributed by atoms with Gasteiger partial charge < -0.3 is 9.64 Å². The van der Waals surface area contributed by atoms with Crippen molar-refractivity contribution in [1.82, 2.24) is 4.90 Å². The van der Waals surface area contributed by atoms with Gasteiger partial charge in [-0.2, -0.15) is 0 Å². The van der Waals surface area contributed by atoms with Crippen molar-refractivity contribution in [2.24, 2.45) is 5.92 Å². The van der Waals surface area contributed by atoms with Gasteiger partial charge in [0.25, 0.3) is 0 Å². The lowest BCUT2D eigenvalue weighted by molar-refractivity contribution is 0.131. The zero-order valence-corrected chi connectivity index (χ0v) is 10.0. The van der Waals surface area contributed by atoms with E-state index in [1.165, 1.54) is 5.57 Å². The maximum atomic E-state index is 6.30. The van der Waals surface area contributed by atoms with Gasteiger partial charge in [0.15, 0.2) is 5.88 Å². The number of halogens is 1. The molecule has 1 rings (SSSR count). The molecule has 2 nitrogen and oxygen atoms in total. The topological polar surface area (TPSA) is 12.5 Å². The second-order valence-corrected chi connectivity index (χ2v) is 4.12. The summed E-state index contributed by atoms with van der Waals surface area (Å²) >= 11 is 6.30. The first-order chi connectivity index (χ1) is 6.57. The number of ether oxygens (including phenoxy) is 1. The minimum Gasteiger partial charge on any atom is -0.479 e. The quantitative estimate of drug-likeness (QED) is 0.530. The first kappa shape index (κ1) is 11.4. The predicted octanol–water partition coefficient (Wildman–Crippen LogP) is 2.96. The van der Waals surface area contributed by atoms with Crippen molar-refractivity contribution in [1.29, 1.82) is 0 Å². The lowest BCUT2D eigenvalue weighted by atomic mass is 10.0. The Bertz CT molecular complexity index is 258. The molecule has 1 aliphatic heterocycles. The third kappa shape index (κ3) is 2.24. The van der Waals surface area contributed by atoms with Gasteiger partial charge in [0.05, 0.1) is 6.61 Å². The molecule has 14 heavy (non-hydrogen) atoms. The predicted molar refractivity (Wildman–Crippen MR) is 60.0 cm³/mol. The fourth-order valence-corrected chi connectivity index (χ4v) is 1.89. The number of rotatable bonds is 3. The van der Waals surface area contributed by atoms with E-state index < -0.39 is 0 Å². The van der Waals surface area contributed by atoms with Gasteiger partial charge in [0.2, 0.25) is 0 Å². The number of nitrogens with zero attached hydrogens (tertiary/aromatic N) is 1. The van der Waals surface area contributed by atoms with Crippen LogP contribution in [0.2, 0.25) is 0 Å². The molecule has 0 aliphatic carbocycles. The Balaban J connectivity index is 2.84. The van der Waals surface area contributed by atoms with Crippen LogP contribution in [0.15, 0.2) is 23.6 Å². The highest BCUT2D eigenvalue weighted by atomic mass is 35.5. The maximum Gasteiger partial charge on any atom is 0.190 e. The molecule has 1 heterocycles. The number of allylic oxidation sites excluding steroid dienone is 2. The summed E-state index contributed by atoms with van der Waals surface area (Å²) in [6.45, 7) is 6.94. The molecule has 80 valence electrons. The fourth-order valence-electron chi connectivity index (χ4n) is 1.47. The average molecular weight is 216 g/mol. The second kappa shape index (κ2) is 4.74. The van der Waals surface area contributed by atoms with Crippen LogP contribution >= 0.6 is 11.6 Å². The molecule has 0 spiro atoms. The first-order valence-corrected chi connectivity index (χ1v) is 5.43. The molecule has 0 amide bonds. The van der Waals surface area contributed by atoms with E-state index in [4.69, 9.17) is 16.3 Å². The molecule has 1 atom stereocenters. The molecule has 0 saturated carbocycles. The summed E-state index contributed by atoms with van der Waals surface area (Å²) in [5.74, 6) is 1.32. The van der Waals surface area contributed by atoms with Gasteiger partial charge in [-0.3, -0.25) is 0 Å². The van der Waals surface area contributed by atoms with Gasteiger partial charge in [-0.15, -0.1) is 0 Å². The number of likely N-dealkylation sites (N-methyl/N-ethyl adjacent to an activating group) is 1. The molecule has 0 aromatic rings. The molecule has 3 heteroatoms. The monoisotopic (exact) mass is 215 g/mol. The molecule has 1 unspecified atom stereocenters. The number of alkyl halides is 1. The molecule has 0 aromatic carbocycles. The van der Waals surface area contributed by atoms with E-state index >= 15 is 0 Å². The third-order valence-corrected chi connectivity index (χ3v) is 2.88. The summed E-state index contributed by atoms with van der Waals surface area (Å²) in [5.41, 5.74) is 1.15. The van der Waals surface area contributed by atoms with E-state index in [1.807, 2.05) is 24.9 Å². The highest BCUT2D eigenvalue weighted by molar-refractivity contribution is 6.22. The van der Waals surface area contributed by atoms with Crippen LogP contribution in [0.5, 0.6) is 0 Å². The standard InChI is InChI=1S/C11H18ClNO/c1-5-14-10-7-6-9(8(2)3)11(12)13(10)4/h6-8,11H,5H2,1-4H3. The van der Waals surface area contributed by atoms with E-state index in [1.54, 1.807) is 0 Å². The van der Waals surface area contributed by atoms with Crippen LogP contribution < -0.4 is 0 Å². The molecular weight excluding hydrogens is 198 g/mol. The van der Waals surface area contributed by atoms with Crippen molar-refractivity contribution < 1.29 is 4.74 Å². The third-order valence-electron chi connectivity index (χ3n) is 2.34. The van der Waals surface area contributed by atoms with Crippen LogP contribution in [-0.2, 0) is 4.74 Å². The van der Waals surface area contributed by atoms with Crippen molar-refractivity contribution in [2.75, 3.05) is 13.7 Å². The molecule has 0 bridgehead atoms. The lowest BCUT2D eigenvalue weighted by Crippen LogP contribution is -2.33. The van der Waals surface area contributed by atoms with Crippen LogP contribution in [0.4, 0.5) is 0 Å². The van der Waals surface area contributed by atoms with Crippen LogP contribution in [0, 0.1) is 5.92 Å². The van der Waals surface area contributed by atoms with Gasteiger partial charge in [-0.05, 0) is 24.5 Å². The minimum atomic E-state index is -0.0819. The highest BCUT2D eigenvalue weighted by Crippen LogP contribution is 2.28. The van der Waals surface area contributed by atoms with Gasteiger partial charge in [0, 0.05) is 7.05 Å². The Kier molecular flexibility index (Phi) is 3.87. The van der Waals surface area contributed by atoms with Crippen LogP contribution in [0.3, 0.4) is 0 Å². The molecule has 0 fully saturated rings. The Morgan fingerprint density at radius 1 is 1.50 bits per heavy atom. The lowest BCUT2D eigenvalue weighted by Gasteiger charge is -2.32. The van der Waals surface area contributed by atoms with Gasteiger partial charge in [-0.1, -0.05) is 31.5 Å². The SMILES string of the molecule is CCOC1=CC=C(C(C)C)C(Cl)N1C. The Morgan fingerprint density at radius 2 is 2.14 bits per heavy atom. The number of hydrogen-bond acceptors (Lipinski definition) is 2. The van der Waals surface area contributed by atoms with Crippen LogP contribution in [-0.4, -0.2) is 24.1 Å². The maximum absolute atomic E-state index is 6.30. The average Bonchev–Trinajstić information content (AvgIpc) is 2.13. The van der Waals surface area contributed by atoms with Crippen molar-refractivity contribution in [3.63, 3.8) is 0 Å². The molecule has 0 aromatic heterocycles. The molecule has 0 saturated heterocycles. The number of hydrogen-bond donors (Lipinski definition) is 0. The van der Waals surface area contributed by atoms with E-state index in [2.05, 4.69) is 19.9 Å².